The van der Waals surface area contributed by atoms with Crippen LogP contribution in [0.2, 0.25) is 0 Å². The van der Waals surface area contributed by atoms with Crippen LogP contribution in [0, 0.1) is 0 Å². The van der Waals surface area contributed by atoms with Gasteiger partial charge < -0.3 is 0 Å². The Morgan fingerprint density at radius 2 is 0.438 bits per heavy atom. The molecule has 0 aromatic heterocycles. The summed E-state index contributed by atoms with van der Waals surface area (Å²) in [7, 11) is -14.0. The maximum absolute atomic E-state index is 8.74. The second kappa shape index (κ2) is 9.20. The Morgan fingerprint density at radius 1 is 0.438 bits per heavy atom. The molecule has 0 aliphatic carbocycles. The van der Waals surface area contributed by atoms with E-state index >= 15 is 0 Å². The molecule has 0 saturated carbocycles. The van der Waals surface area contributed by atoms with Crippen molar-refractivity contribution in [2.24, 2.45) is 0 Å². The Kier molecular flexibility index (Phi) is 14.4. The van der Waals surface area contributed by atoms with Crippen LogP contribution in [0.3, 0.4) is 0 Å². The monoisotopic (exact) mass is 346 g/mol. The van der Waals surface area contributed by atoms with Gasteiger partial charge in [-0.05, 0) is 0 Å². The molecule has 0 aromatic rings. The van der Waals surface area contributed by atoms with Crippen molar-refractivity contribution in [3.63, 3.8) is 0 Å². The maximum Gasteiger partial charge on any atom is 0.394 e. The fourth-order valence-corrected chi connectivity index (χ4v) is 0. The topological polar surface area (TPSA) is 224 Å². The third-order valence-corrected chi connectivity index (χ3v) is 0. The average Bonchev–Trinajstić information content (AvgIpc) is 1.41. The van der Waals surface area contributed by atoms with Crippen LogP contribution in [-0.4, -0.2) is 52.6 Å². The molecule has 0 amide bonds. The summed E-state index contributed by atoms with van der Waals surface area (Å²) in [6, 6.07) is 0. The van der Waals surface area contributed by atoms with E-state index in [1.54, 1.807) is 0 Å². The Morgan fingerprint density at radius 3 is 0.438 bits per heavy atom. The molecule has 0 unspecified atom stereocenters. The van der Waals surface area contributed by atoms with E-state index in [0.29, 0.717) is 0 Å². The van der Waals surface area contributed by atoms with E-state index in [1.807, 2.05) is 0 Å². The number of hydrogen-bond acceptors (Lipinski definition) is 6. The zero-order valence-electron chi connectivity index (χ0n) is 6.77. The van der Waals surface area contributed by atoms with Gasteiger partial charge in [0.2, 0.25) is 0 Å². The van der Waals surface area contributed by atoms with Gasteiger partial charge in [-0.1, -0.05) is 0 Å². The van der Waals surface area contributed by atoms with E-state index in [-0.39, 0.29) is 17.4 Å². The summed E-state index contributed by atoms with van der Waals surface area (Å²) >= 11 is 0. The number of hydrogen-bond donors (Lipinski definition) is 6. The largest absolute Gasteiger partial charge is 0.394 e. The van der Waals surface area contributed by atoms with Crippen molar-refractivity contribution < 1.29 is 69.9 Å². The Bertz CT molecular complexity index is 337. The normalized spacial score (nSPS) is 10.9. The van der Waals surface area contributed by atoms with Crippen LogP contribution in [0.4, 0.5) is 0 Å². The molecular weight excluding hydrogens is 340 g/mol. The van der Waals surface area contributed by atoms with Crippen molar-refractivity contribution in [2.45, 2.75) is 0 Å². The van der Waals surface area contributed by atoms with E-state index < -0.39 is 31.2 Å². The van der Waals surface area contributed by atoms with Gasteiger partial charge in [0.1, 0.15) is 0 Å². The van der Waals surface area contributed by atoms with Crippen LogP contribution < -0.4 is 0 Å². The van der Waals surface area contributed by atoms with Crippen LogP contribution >= 0.6 is 0 Å². The minimum absolute atomic E-state index is 0. The van der Waals surface area contributed by atoms with E-state index in [0.717, 1.165) is 0 Å². The van der Waals surface area contributed by atoms with Gasteiger partial charge in [-0.3, -0.25) is 27.3 Å². The first-order chi connectivity index (χ1) is 6.00. The van der Waals surface area contributed by atoms with Gasteiger partial charge >= 0.3 is 31.2 Å². The van der Waals surface area contributed by atoms with Gasteiger partial charge in [0.15, 0.2) is 0 Å². The number of rotatable bonds is 0. The predicted octanol–water partition coefficient (Wildman–Crippen LogP) is -1.96. The van der Waals surface area contributed by atoms with Crippen molar-refractivity contribution in [2.75, 3.05) is 0 Å². The molecule has 0 aromatic carbocycles. The van der Waals surface area contributed by atoms with Crippen molar-refractivity contribution in [3.05, 3.63) is 0 Å². The first-order valence-corrected chi connectivity index (χ1v) is 6.29. The Labute approximate surface area is 101 Å². The second-order valence-corrected chi connectivity index (χ2v) is 4.03. The van der Waals surface area contributed by atoms with Crippen molar-refractivity contribution in [1.29, 1.82) is 0 Å². The third kappa shape index (κ3) is 120000. The third-order valence-electron chi connectivity index (χ3n) is 0. The summed E-state index contributed by atoms with van der Waals surface area (Å²) in [4.78, 5) is 0. The molecule has 0 spiro atoms. The van der Waals surface area contributed by atoms with E-state index in [4.69, 9.17) is 52.6 Å². The quantitative estimate of drug-likeness (QED) is 0.263. The fraction of sp³-hybridized carbons (Fsp3) is 0. The van der Waals surface area contributed by atoms with E-state index in [9.17, 15) is 0 Å². The molecule has 0 heterocycles. The summed E-state index contributed by atoms with van der Waals surface area (Å²) in [5.41, 5.74) is 0. The van der Waals surface area contributed by atoms with Crippen LogP contribution in [0.25, 0.3) is 0 Å². The molecule has 6 N–H and O–H groups in total. The molecule has 16 heteroatoms. The van der Waals surface area contributed by atoms with Gasteiger partial charge in [0, 0.05) is 17.4 Å². The maximum atomic E-state index is 8.74. The molecular formula is H6CrO12S3. The fourth-order valence-electron chi connectivity index (χ4n) is 0. The van der Waals surface area contributed by atoms with Gasteiger partial charge in [0.25, 0.3) is 0 Å². The summed E-state index contributed by atoms with van der Waals surface area (Å²) in [5.74, 6) is 0. The van der Waals surface area contributed by atoms with Crippen molar-refractivity contribution in [3.8, 4) is 0 Å². The molecule has 0 atom stereocenters. The molecule has 0 saturated heterocycles. The molecule has 0 aliphatic heterocycles. The van der Waals surface area contributed by atoms with Crippen molar-refractivity contribution >= 4 is 31.2 Å². The van der Waals surface area contributed by atoms with Crippen molar-refractivity contribution in [1.82, 2.24) is 0 Å². The zero-order valence-corrected chi connectivity index (χ0v) is 10.5. The van der Waals surface area contributed by atoms with Gasteiger partial charge in [-0.2, -0.15) is 25.3 Å². The molecule has 12 nitrogen and oxygen atoms in total. The molecule has 0 fully saturated rings. The molecule has 0 radical (unpaired) electrons. The minimum Gasteiger partial charge on any atom is -0.264 e. The van der Waals surface area contributed by atoms with Gasteiger partial charge in [-0.15, -0.1) is 0 Å². The SMILES string of the molecule is O=S(=O)(O)O.O=S(=O)(O)O.O=S(=O)(O)O.[Cr]. The molecule has 0 rings (SSSR count). The summed E-state index contributed by atoms with van der Waals surface area (Å²) in [5, 5.41) is 0. The van der Waals surface area contributed by atoms with Gasteiger partial charge in [-0.25, -0.2) is 0 Å². The van der Waals surface area contributed by atoms with Crippen LogP contribution in [-0.2, 0) is 48.6 Å². The zero-order chi connectivity index (χ0) is 13.5. The second-order valence-electron chi connectivity index (χ2n) is 1.34. The smallest absolute Gasteiger partial charge is 0.264 e. The molecule has 0 aliphatic rings. The minimum atomic E-state index is -4.67. The van der Waals surface area contributed by atoms with Crippen LogP contribution in [0.5, 0.6) is 0 Å². The van der Waals surface area contributed by atoms with Crippen LogP contribution in [0.15, 0.2) is 0 Å². The molecule has 16 heavy (non-hydrogen) atoms. The molecule has 102 valence electrons. The standard InChI is InChI=1S/Cr.3H2O4S/c;3*1-5(2,3)4/h;3*(H2,1,2,3,4). The van der Waals surface area contributed by atoms with E-state index in [1.165, 1.54) is 0 Å². The first-order valence-electron chi connectivity index (χ1n) is 2.10. The van der Waals surface area contributed by atoms with Gasteiger partial charge in [0.05, 0.1) is 0 Å². The van der Waals surface area contributed by atoms with E-state index in [2.05, 4.69) is 0 Å². The Hall–Kier alpha value is 0.142. The summed E-state index contributed by atoms with van der Waals surface area (Å²) in [6.45, 7) is 0. The average molecular weight is 346 g/mol. The predicted molar refractivity (Wildman–Crippen MR) is 42.5 cm³/mol. The Balaban J connectivity index is -0.0000000655. The van der Waals surface area contributed by atoms with Crippen LogP contribution in [0.1, 0.15) is 0 Å². The summed E-state index contributed by atoms with van der Waals surface area (Å²) < 4.78 is 94.8. The first kappa shape index (κ1) is 25.1. The molecule has 0 bridgehead atoms. The summed E-state index contributed by atoms with van der Waals surface area (Å²) in [6.07, 6.45) is 0.